The molecule has 0 fully saturated rings. The van der Waals surface area contributed by atoms with Crippen LogP contribution in [-0.2, 0) is 24.3 Å². The molecule has 0 aliphatic heterocycles. The molecule has 0 aromatic heterocycles. The van der Waals surface area contributed by atoms with Crippen LogP contribution in [0.15, 0.2) is 59.5 Å². The van der Waals surface area contributed by atoms with E-state index < -0.39 is 21.9 Å². The summed E-state index contributed by atoms with van der Waals surface area (Å²) in [7, 11) is -3.80. The highest BCUT2D eigenvalue weighted by Gasteiger charge is 2.15. The van der Waals surface area contributed by atoms with Gasteiger partial charge >= 0.3 is 5.97 Å². The fourth-order valence-electron chi connectivity index (χ4n) is 2.20. The summed E-state index contributed by atoms with van der Waals surface area (Å²) in [5.41, 5.74) is 0.896. The normalized spacial score (nSPS) is 11.4. The molecule has 2 N–H and O–H groups in total. The molecule has 29 heavy (non-hydrogen) atoms. The Hall–Kier alpha value is -2.84. The van der Waals surface area contributed by atoms with Gasteiger partial charge in [-0.05, 0) is 49.8 Å². The van der Waals surface area contributed by atoms with Crippen molar-refractivity contribution in [1.29, 1.82) is 0 Å². The van der Waals surface area contributed by atoms with Crippen LogP contribution in [0.25, 0.3) is 6.08 Å². The van der Waals surface area contributed by atoms with Gasteiger partial charge in [0, 0.05) is 6.08 Å². The Morgan fingerprint density at radius 3 is 2.38 bits per heavy atom. The first-order valence-electron chi connectivity index (χ1n) is 8.70. The minimum atomic E-state index is -3.80. The summed E-state index contributed by atoms with van der Waals surface area (Å²) < 4.78 is 32.3. The highest BCUT2D eigenvalue weighted by molar-refractivity contribution is 7.92. The number of sulfonamides is 1. The fourth-order valence-corrected chi connectivity index (χ4v) is 3.52. The number of carbonyl (C=O) groups excluding carboxylic acids is 2. The van der Waals surface area contributed by atoms with Gasteiger partial charge in [0.05, 0.1) is 21.7 Å². The molecule has 0 radical (unpaired) electrons. The molecule has 0 bridgehead atoms. The van der Waals surface area contributed by atoms with Gasteiger partial charge in [-0.3, -0.25) is 14.3 Å². The lowest BCUT2D eigenvalue weighted by molar-refractivity contribution is -0.147. The van der Waals surface area contributed by atoms with E-state index in [4.69, 9.17) is 16.3 Å². The number of rotatable bonds is 8. The number of nitrogens with one attached hydrogen (secondary N) is 2. The van der Waals surface area contributed by atoms with E-state index in [2.05, 4.69) is 10.0 Å². The summed E-state index contributed by atoms with van der Waals surface area (Å²) in [6.45, 7) is 3.20. The van der Waals surface area contributed by atoms with Crippen LogP contribution in [0.2, 0.25) is 5.02 Å². The van der Waals surface area contributed by atoms with E-state index in [0.717, 1.165) is 0 Å². The molecular weight excluding hydrogens is 416 g/mol. The molecule has 0 spiro atoms. The molecule has 154 valence electrons. The molecule has 1 amide bonds. The van der Waals surface area contributed by atoms with Gasteiger partial charge in [0.2, 0.25) is 5.91 Å². The molecule has 2 rings (SSSR count). The summed E-state index contributed by atoms with van der Waals surface area (Å²) in [4.78, 5) is 23.2. The SMILES string of the molecule is CC(C)OC(=O)CNC(=O)/C=C/c1ccc(S(=O)(=O)Nc2ccccc2Cl)cc1. The van der Waals surface area contributed by atoms with Crippen molar-refractivity contribution in [3.8, 4) is 0 Å². The average molecular weight is 437 g/mol. The predicted octanol–water partition coefficient (Wildman–Crippen LogP) is 3.22. The van der Waals surface area contributed by atoms with Crippen LogP contribution in [0.5, 0.6) is 0 Å². The number of amides is 1. The van der Waals surface area contributed by atoms with Crippen LogP contribution in [-0.4, -0.2) is 32.9 Å². The molecule has 0 atom stereocenters. The molecule has 7 nitrogen and oxygen atoms in total. The zero-order valence-corrected chi connectivity index (χ0v) is 17.5. The summed E-state index contributed by atoms with van der Waals surface area (Å²) >= 11 is 5.98. The largest absolute Gasteiger partial charge is 0.462 e. The Morgan fingerprint density at radius 1 is 1.10 bits per heavy atom. The first-order valence-corrected chi connectivity index (χ1v) is 10.6. The van der Waals surface area contributed by atoms with Gasteiger partial charge < -0.3 is 10.1 Å². The van der Waals surface area contributed by atoms with E-state index in [1.54, 1.807) is 50.2 Å². The minimum absolute atomic E-state index is 0.0513. The number of hydrogen-bond donors (Lipinski definition) is 2. The Balaban J connectivity index is 1.97. The molecule has 0 aliphatic rings. The molecule has 0 unspecified atom stereocenters. The van der Waals surface area contributed by atoms with Crippen molar-refractivity contribution in [2.45, 2.75) is 24.8 Å². The average Bonchev–Trinajstić information content (AvgIpc) is 2.66. The van der Waals surface area contributed by atoms with Crippen LogP contribution in [0.4, 0.5) is 5.69 Å². The number of benzene rings is 2. The van der Waals surface area contributed by atoms with E-state index >= 15 is 0 Å². The predicted molar refractivity (Wildman–Crippen MR) is 112 cm³/mol. The topological polar surface area (TPSA) is 102 Å². The zero-order chi connectivity index (χ0) is 21.4. The van der Waals surface area contributed by atoms with E-state index in [1.807, 2.05) is 0 Å². The third-order valence-electron chi connectivity index (χ3n) is 3.51. The van der Waals surface area contributed by atoms with Crippen molar-refractivity contribution in [3.63, 3.8) is 0 Å². The van der Waals surface area contributed by atoms with Gasteiger partial charge in [-0.15, -0.1) is 0 Å². The second kappa shape index (κ2) is 10.1. The van der Waals surface area contributed by atoms with Crippen molar-refractivity contribution in [3.05, 3.63) is 65.2 Å². The van der Waals surface area contributed by atoms with Crippen LogP contribution < -0.4 is 10.0 Å². The molecule has 2 aromatic rings. The molecule has 0 saturated heterocycles. The lowest BCUT2D eigenvalue weighted by atomic mass is 10.2. The van der Waals surface area contributed by atoms with Gasteiger partial charge in [-0.1, -0.05) is 35.9 Å². The van der Waals surface area contributed by atoms with Crippen molar-refractivity contribution < 1.29 is 22.7 Å². The number of hydrogen-bond acceptors (Lipinski definition) is 5. The van der Waals surface area contributed by atoms with Crippen molar-refractivity contribution in [2.75, 3.05) is 11.3 Å². The Bertz CT molecular complexity index is 1000. The monoisotopic (exact) mass is 436 g/mol. The maximum atomic E-state index is 12.5. The number of halogens is 1. The van der Waals surface area contributed by atoms with E-state index in [0.29, 0.717) is 10.6 Å². The van der Waals surface area contributed by atoms with Crippen LogP contribution >= 0.6 is 11.6 Å². The van der Waals surface area contributed by atoms with Crippen LogP contribution in [0, 0.1) is 0 Å². The minimum Gasteiger partial charge on any atom is -0.462 e. The van der Waals surface area contributed by atoms with Crippen LogP contribution in [0.3, 0.4) is 0 Å². The summed E-state index contributed by atoms with van der Waals surface area (Å²) in [5.74, 6) is -0.995. The van der Waals surface area contributed by atoms with Gasteiger partial charge in [0.25, 0.3) is 10.0 Å². The number of anilines is 1. The summed E-state index contributed by atoms with van der Waals surface area (Å²) in [6.07, 6.45) is 2.49. The standard InChI is InChI=1S/C20H21ClN2O5S/c1-14(2)28-20(25)13-22-19(24)12-9-15-7-10-16(11-8-15)29(26,27)23-18-6-4-3-5-17(18)21/h3-12,14,23H,13H2,1-2H3,(H,22,24)/b12-9+. The molecule has 2 aromatic carbocycles. The quantitative estimate of drug-likeness (QED) is 0.488. The maximum Gasteiger partial charge on any atom is 0.325 e. The third kappa shape index (κ3) is 7.24. The molecule has 0 saturated carbocycles. The van der Waals surface area contributed by atoms with Gasteiger partial charge in [-0.2, -0.15) is 0 Å². The Morgan fingerprint density at radius 2 is 1.76 bits per heavy atom. The second-order valence-electron chi connectivity index (χ2n) is 6.24. The lowest BCUT2D eigenvalue weighted by Gasteiger charge is -2.09. The first-order chi connectivity index (χ1) is 13.7. The molecular formula is C20H21ClN2O5S. The maximum absolute atomic E-state index is 12.5. The molecule has 9 heteroatoms. The highest BCUT2D eigenvalue weighted by Crippen LogP contribution is 2.24. The third-order valence-corrected chi connectivity index (χ3v) is 5.22. The number of esters is 1. The van der Waals surface area contributed by atoms with Crippen molar-refractivity contribution >= 4 is 45.3 Å². The summed E-state index contributed by atoms with van der Waals surface area (Å²) in [5, 5.41) is 2.70. The van der Waals surface area contributed by atoms with Crippen molar-refractivity contribution in [1.82, 2.24) is 5.32 Å². The Labute approximate surface area is 174 Å². The Kier molecular flexibility index (Phi) is 7.81. The van der Waals surface area contributed by atoms with Gasteiger partial charge in [0.15, 0.2) is 0 Å². The second-order valence-corrected chi connectivity index (χ2v) is 8.33. The number of para-hydroxylation sites is 1. The van der Waals surface area contributed by atoms with Gasteiger partial charge in [-0.25, -0.2) is 8.42 Å². The van der Waals surface area contributed by atoms with E-state index in [-0.39, 0.29) is 23.2 Å². The number of ether oxygens (including phenoxy) is 1. The fraction of sp³-hybridized carbons (Fsp3) is 0.200. The molecule has 0 heterocycles. The zero-order valence-electron chi connectivity index (χ0n) is 15.9. The van der Waals surface area contributed by atoms with Crippen molar-refractivity contribution in [2.24, 2.45) is 0 Å². The first kappa shape index (κ1) is 22.4. The molecule has 0 aliphatic carbocycles. The van der Waals surface area contributed by atoms with E-state index in [9.17, 15) is 18.0 Å². The van der Waals surface area contributed by atoms with E-state index in [1.165, 1.54) is 24.3 Å². The lowest BCUT2D eigenvalue weighted by Crippen LogP contribution is -2.30. The smallest absolute Gasteiger partial charge is 0.325 e. The van der Waals surface area contributed by atoms with Crippen LogP contribution in [0.1, 0.15) is 19.4 Å². The highest BCUT2D eigenvalue weighted by atomic mass is 35.5. The summed E-state index contributed by atoms with van der Waals surface area (Å²) in [6, 6.07) is 12.5. The van der Waals surface area contributed by atoms with Gasteiger partial charge in [0.1, 0.15) is 6.54 Å². The number of carbonyl (C=O) groups is 2.